The van der Waals surface area contributed by atoms with E-state index in [9.17, 15) is 24.6 Å². The lowest BCUT2D eigenvalue weighted by Gasteiger charge is -2.26. The normalized spacial score (nSPS) is 11.2. The van der Waals surface area contributed by atoms with E-state index < -0.39 is 29.7 Å². The van der Waals surface area contributed by atoms with Gasteiger partial charge in [0.2, 0.25) is 0 Å². The molecule has 0 saturated heterocycles. The van der Waals surface area contributed by atoms with Crippen molar-refractivity contribution in [2.45, 2.75) is 104 Å². The van der Waals surface area contributed by atoms with E-state index in [0.717, 1.165) is 64.2 Å². The number of hydrogen-bond acceptors (Lipinski definition) is 4. The summed E-state index contributed by atoms with van der Waals surface area (Å²) in [6, 6.07) is 0. The molecule has 0 rings (SSSR count). The Bertz CT molecular complexity index is 579. The molecule has 0 aliphatic carbocycles. The molecule has 0 aromatic carbocycles. The minimum absolute atomic E-state index is 0.133. The first-order valence-corrected chi connectivity index (χ1v) is 11.7. The van der Waals surface area contributed by atoms with Gasteiger partial charge in [0, 0.05) is 12.0 Å². The molecule has 0 bridgehead atoms. The van der Waals surface area contributed by atoms with Gasteiger partial charge in [-0.1, -0.05) is 90.4 Å². The summed E-state index contributed by atoms with van der Waals surface area (Å²) in [6.07, 6.45) is 11.3. The van der Waals surface area contributed by atoms with Crippen LogP contribution in [0.1, 0.15) is 104 Å². The molecule has 0 spiro atoms. The molecular weight excluding hydrogens is 396 g/mol. The topological polar surface area (TPSA) is 101 Å². The van der Waals surface area contributed by atoms with E-state index in [2.05, 4.69) is 27.0 Å². The molecule has 0 radical (unpaired) electrons. The fourth-order valence-corrected chi connectivity index (χ4v) is 3.54. The molecule has 0 aliphatic rings. The van der Waals surface area contributed by atoms with Crippen molar-refractivity contribution in [2.75, 3.05) is 6.61 Å². The van der Waals surface area contributed by atoms with Crippen LogP contribution in [0.3, 0.4) is 0 Å². The zero-order valence-corrected chi connectivity index (χ0v) is 19.5. The van der Waals surface area contributed by atoms with Crippen molar-refractivity contribution < 1.29 is 29.3 Å². The van der Waals surface area contributed by atoms with Gasteiger partial charge in [0.25, 0.3) is 0 Å². The van der Waals surface area contributed by atoms with Gasteiger partial charge in [0.15, 0.2) is 5.41 Å². The van der Waals surface area contributed by atoms with Crippen molar-refractivity contribution in [1.82, 2.24) is 0 Å². The highest BCUT2D eigenvalue weighted by molar-refractivity contribution is 6.01. The fourth-order valence-electron chi connectivity index (χ4n) is 3.54. The van der Waals surface area contributed by atoms with Crippen LogP contribution in [0.25, 0.3) is 0 Å². The molecule has 2 N–H and O–H groups in total. The third-order valence-corrected chi connectivity index (χ3v) is 5.54. The predicted octanol–water partition coefficient (Wildman–Crippen LogP) is 6.30. The Balaban J connectivity index is 4.75. The molecule has 0 fully saturated rings. The average Bonchev–Trinajstić information content (AvgIpc) is 2.71. The first-order chi connectivity index (χ1) is 14.7. The van der Waals surface area contributed by atoms with Gasteiger partial charge in [0.1, 0.15) is 0 Å². The smallest absolute Gasteiger partial charge is 0.333 e. The van der Waals surface area contributed by atoms with Crippen molar-refractivity contribution >= 4 is 17.9 Å². The maximum absolute atomic E-state index is 12.2. The first kappa shape index (κ1) is 28.9. The van der Waals surface area contributed by atoms with E-state index >= 15 is 0 Å². The Morgan fingerprint density at radius 1 is 0.742 bits per heavy atom. The Labute approximate surface area is 187 Å². The molecule has 6 nitrogen and oxygen atoms in total. The number of rotatable bonds is 20. The number of carboxylic acid groups (broad SMARTS) is 2. The zero-order chi connectivity index (χ0) is 23.7. The summed E-state index contributed by atoms with van der Waals surface area (Å²) in [7, 11) is 0. The van der Waals surface area contributed by atoms with Crippen LogP contribution in [0.15, 0.2) is 24.3 Å². The van der Waals surface area contributed by atoms with Crippen molar-refractivity contribution in [3.8, 4) is 0 Å². The van der Waals surface area contributed by atoms with Crippen LogP contribution < -0.4 is 0 Å². The minimum atomic E-state index is -2.16. The highest BCUT2D eigenvalue weighted by Crippen LogP contribution is 2.35. The van der Waals surface area contributed by atoms with Crippen LogP contribution in [-0.2, 0) is 19.1 Å². The first-order valence-electron chi connectivity index (χ1n) is 11.7. The van der Waals surface area contributed by atoms with Gasteiger partial charge in [-0.15, -0.1) is 0 Å². The second kappa shape index (κ2) is 16.6. The third kappa shape index (κ3) is 11.7. The van der Waals surface area contributed by atoms with Gasteiger partial charge < -0.3 is 14.9 Å². The molecule has 6 heteroatoms. The molecule has 0 aliphatic heterocycles. The number of ether oxygens (including phenoxy) is 1. The largest absolute Gasteiger partial charge is 0.480 e. The third-order valence-electron chi connectivity index (χ3n) is 5.54. The maximum atomic E-state index is 12.2. The summed E-state index contributed by atoms with van der Waals surface area (Å²) < 4.78 is 5.18. The monoisotopic (exact) mass is 438 g/mol. The van der Waals surface area contributed by atoms with Crippen LogP contribution in [-0.4, -0.2) is 34.7 Å². The summed E-state index contributed by atoms with van der Waals surface area (Å²) in [4.78, 5) is 36.1. The number of esters is 1. The van der Waals surface area contributed by atoms with Gasteiger partial charge in [-0.05, 0) is 25.7 Å². The van der Waals surface area contributed by atoms with Crippen LogP contribution >= 0.6 is 0 Å². The zero-order valence-electron chi connectivity index (χ0n) is 19.5. The van der Waals surface area contributed by atoms with Crippen LogP contribution in [0.2, 0.25) is 0 Å². The Morgan fingerprint density at radius 3 is 1.74 bits per heavy atom. The Hall–Kier alpha value is -2.11. The molecule has 0 heterocycles. The molecule has 0 aromatic heterocycles. The van der Waals surface area contributed by atoms with E-state index in [4.69, 9.17) is 4.74 Å². The molecule has 178 valence electrons. The summed E-state index contributed by atoms with van der Waals surface area (Å²) in [5, 5.41) is 19.4. The maximum Gasteiger partial charge on any atom is 0.333 e. The fraction of sp³-hybridized carbons (Fsp3) is 0.720. The predicted molar refractivity (Wildman–Crippen MR) is 123 cm³/mol. The number of hydrogen-bond donors (Lipinski definition) is 2. The number of unbranched alkanes of at least 4 members (excludes halogenated alkanes) is 9. The number of carbonyl (C=O) groups is 3. The molecule has 0 unspecified atom stereocenters. The average molecular weight is 439 g/mol. The van der Waals surface area contributed by atoms with E-state index in [-0.39, 0.29) is 18.6 Å². The summed E-state index contributed by atoms with van der Waals surface area (Å²) in [5.74, 6) is -3.71. The second-order valence-electron chi connectivity index (χ2n) is 8.47. The summed E-state index contributed by atoms with van der Waals surface area (Å²) >= 11 is 0. The lowest BCUT2D eigenvalue weighted by Crippen LogP contribution is -2.41. The summed E-state index contributed by atoms with van der Waals surface area (Å²) in [5.41, 5.74) is -1.72. The van der Waals surface area contributed by atoms with E-state index in [1.54, 1.807) is 0 Å². The van der Waals surface area contributed by atoms with E-state index in [1.807, 2.05) is 0 Å². The SMILES string of the molecule is C=C(CCCCCCC)CC(CC(=C)C(=O)OCCCCCCCC)(C(=O)O)C(=O)O. The lowest BCUT2D eigenvalue weighted by molar-refractivity contribution is -0.164. The molecule has 31 heavy (non-hydrogen) atoms. The van der Waals surface area contributed by atoms with Gasteiger partial charge in [-0.25, -0.2) is 4.79 Å². The highest BCUT2D eigenvalue weighted by atomic mass is 16.5. The lowest BCUT2D eigenvalue weighted by atomic mass is 9.76. The standard InChI is InChI=1S/C25H42O6/c1-5-7-9-11-13-15-17-31-22(26)21(4)19-25(23(27)28,24(29)30)18-20(3)16-14-12-10-8-6-2/h3-19H2,1-2H3,(H,27,28)(H,29,30). The molecule has 0 amide bonds. The van der Waals surface area contributed by atoms with E-state index in [1.165, 1.54) is 6.42 Å². The molecule has 0 atom stereocenters. The number of carboxylic acids is 2. The Morgan fingerprint density at radius 2 is 1.23 bits per heavy atom. The van der Waals surface area contributed by atoms with Gasteiger partial charge in [-0.3, -0.25) is 9.59 Å². The van der Waals surface area contributed by atoms with Crippen molar-refractivity contribution in [1.29, 1.82) is 0 Å². The van der Waals surface area contributed by atoms with Crippen LogP contribution in [0, 0.1) is 5.41 Å². The van der Waals surface area contributed by atoms with Gasteiger partial charge in [-0.2, -0.15) is 0 Å². The highest BCUT2D eigenvalue weighted by Gasteiger charge is 2.48. The van der Waals surface area contributed by atoms with Crippen LogP contribution in [0.5, 0.6) is 0 Å². The number of allylic oxidation sites excluding steroid dienone is 1. The molecule has 0 aromatic rings. The number of aliphatic carboxylic acids is 2. The molecule has 0 saturated carbocycles. The van der Waals surface area contributed by atoms with Crippen molar-refractivity contribution in [2.24, 2.45) is 5.41 Å². The van der Waals surface area contributed by atoms with Gasteiger partial charge >= 0.3 is 17.9 Å². The van der Waals surface area contributed by atoms with E-state index in [0.29, 0.717) is 12.0 Å². The quantitative estimate of drug-likeness (QED) is 0.0760. The van der Waals surface area contributed by atoms with Crippen LogP contribution in [0.4, 0.5) is 0 Å². The van der Waals surface area contributed by atoms with Crippen molar-refractivity contribution in [3.63, 3.8) is 0 Å². The van der Waals surface area contributed by atoms with Gasteiger partial charge in [0.05, 0.1) is 6.61 Å². The number of carbonyl (C=O) groups excluding carboxylic acids is 1. The second-order valence-corrected chi connectivity index (χ2v) is 8.47. The van der Waals surface area contributed by atoms with Crippen molar-refractivity contribution in [3.05, 3.63) is 24.3 Å². The summed E-state index contributed by atoms with van der Waals surface area (Å²) in [6.45, 7) is 12.0. The molecular formula is C25H42O6. The minimum Gasteiger partial charge on any atom is -0.480 e. The Kier molecular flexibility index (Phi) is 15.4.